The van der Waals surface area contributed by atoms with Gasteiger partial charge in [0.1, 0.15) is 6.07 Å². The van der Waals surface area contributed by atoms with Crippen LogP contribution in [0.25, 0.3) is 0 Å². The van der Waals surface area contributed by atoms with Gasteiger partial charge in [0.25, 0.3) is 0 Å². The van der Waals surface area contributed by atoms with Gasteiger partial charge < -0.3 is 4.90 Å². The number of nitrogens with zero attached hydrogens (tertiary/aromatic N) is 4. The highest BCUT2D eigenvalue weighted by Gasteiger charge is 2.63. The van der Waals surface area contributed by atoms with Crippen molar-refractivity contribution < 1.29 is 4.79 Å². The maximum absolute atomic E-state index is 13.2. The van der Waals surface area contributed by atoms with Crippen molar-refractivity contribution in [3.05, 3.63) is 58.8 Å². The summed E-state index contributed by atoms with van der Waals surface area (Å²) in [5.41, 5.74) is -0.464. The summed E-state index contributed by atoms with van der Waals surface area (Å²) in [7, 11) is 0. The van der Waals surface area contributed by atoms with Gasteiger partial charge >= 0.3 is 0 Å². The molecule has 0 spiro atoms. The fourth-order valence-electron chi connectivity index (χ4n) is 4.25. The second kappa shape index (κ2) is 6.27. The number of hydrogen-bond acceptors (Lipinski definition) is 5. The number of rotatable bonds is 3. The molecule has 0 N–H and O–H groups in total. The molecule has 1 saturated carbocycles. The van der Waals surface area contributed by atoms with Crippen molar-refractivity contribution >= 4 is 17.4 Å². The van der Waals surface area contributed by atoms with E-state index in [0.29, 0.717) is 16.2 Å². The number of benzene rings is 1. The molecule has 3 atom stereocenters. The van der Waals surface area contributed by atoms with Crippen LogP contribution in [0.15, 0.2) is 48.2 Å². The number of halogens is 1. The lowest BCUT2D eigenvalue weighted by Crippen LogP contribution is -2.40. The lowest BCUT2D eigenvalue weighted by atomic mass is 9.69. The van der Waals surface area contributed by atoms with Crippen molar-refractivity contribution in [2.75, 3.05) is 0 Å². The van der Waals surface area contributed by atoms with Crippen molar-refractivity contribution in [1.82, 2.24) is 4.90 Å². The van der Waals surface area contributed by atoms with Gasteiger partial charge in [-0.25, -0.2) is 0 Å². The molecule has 132 valence electrons. The third-order valence-electron chi connectivity index (χ3n) is 5.67. The van der Waals surface area contributed by atoms with Gasteiger partial charge in [-0.2, -0.15) is 15.8 Å². The lowest BCUT2D eigenvalue weighted by Gasteiger charge is -2.30. The van der Waals surface area contributed by atoms with Crippen LogP contribution >= 0.6 is 11.6 Å². The summed E-state index contributed by atoms with van der Waals surface area (Å²) in [6.45, 7) is 0. The zero-order chi connectivity index (χ0) is 19.2. The first-order valence-corrected chi connectivity index (χ1v) is 9.13. The molecule has 1 aromatic rings. The van der Waals surface area contributed by atoms with Gasteiger partial charge in [0.2, 0.25) is 0 Å². The summed E-state index contributed by atoms with van der Waals surface area (Å²) in [5.74, 6) is -0.738. The van der Waals surface area contributed by atoms with Crippen molar-refractivity contribution in [3.8, 4) is 18.2 Å². The summed E-state index contributed by atoms with van der Waals surface area (Å²) in [5, 5.41) is 29.9. The topological polar surface area (TPSA) is 91.7 Å². The number of allylic oxidation sites excluding steroid dienone is 2. The van der Waals surface area contributed by atoms with E-state index in [4.69, 9.17) is 11.6 Å². The number of fused-ring (bicyclic) bond motifs is 1. The Kier molecular flexibility index (Phi) is 4.03. The molecule has 5 nitrogen and oxygen atoms in total. The predicted octanol–water partition coefficient (Wildman–Crippen LogP) is 3.47. The second-order valence-electron chi connectivity index (χ2n) is 7.16. The van der Waals surface area contributed by atoms with Crippen LogP contribution in [0.2, 0.25) is 5.02 Å². The van der Waals surface area contributed by atoms with Crippen LogP contribution in [0.1, 0.15) is 24.3 Å². The minimum atomic E-state index is -1.48. The first-order valence-electron chi connectivity index (χ1n) is 8.75. The van der Waals surface area contributed by atoms with Crippen LogP contribution in [0.3, 0.4) is 0 Å². The van der Waals surface area contributed by atoms with Crippen LogP contribution in [0.5, 0.6) is 0 Å². The molecule has 2 aliphatic heterocycles. The summed E-state index contributed by atoms with van der Waals surface area (Å²) in [6.07, 6.45) is 6.54. The van der Waals surface area contributed by atoms with E-state index in [0.717, 1.165) is 12.8 Å². The van der Waals surface area contributed by atoms with E-state index in [-0.39, 0.29) is 11.7 Å². The third kappa shape index (κ3) is 2.46. The van der Waals surface area contributed by atoms with E-state index >= 15 is 0 Å². The van der Waals surface area contributed by atoms with E-state index in [1.165, 1.54) is 0 Å². The predicted molar refractivity (Wildman–Crippen MR) is 97.8 cm³/mol. The molecule has 4 rings (SSSR count). The highest BCUT2D eigenvalue weighted by molar-refractivity contribution is 6.31. The molecule has 1 aliphatic carbocycles. The fourth-order valence-corrected chi connectivity index (χ4v) is 4.50. The smallest absolute Gasteiger partial charge is 0.176 e. The van der Waals surface area contributed by atoms with Gasteiger partial charge in [0.15, 0.2) is 11.2 Å². The Morgan fingerprint density at radius 2 is 1.89 bits per heavy atom. The summed E-state index contributed by atoms with van der Waals surface area (Å²) in [6, 6.07) is 12.2. The number of hydrogen-bond donors (Lipinski definition) is 0. The average molecular weight is 375 g/mol. The van der Waals surface area contributed by atoms with Crippen LogP contribution in [0.4, 0.5) is 0 Å². The molecule has 2 fully saturated rings. The van der Waals surface area contributed by atoms with Crippen LogP contribution in [-0.2, 0) is 4.79 Å². The van der Waals surface area contributed by atoms with E-state index in [1.54, 1.807) is 47.5 Å². The molecule has 0 amide bonds. The number of carbonyl (C=O) groups is 1. The molecule has 1 aromatic carbocycles. The standard InChI is InChI=1S/C21H15ClN4O/c22-16-4-2-1-3-15(16)18-19(20(27)14-6-7-14)26-10-13(9-23)5-8-17(26)21(18,11-24)12-25/h1-5,8,10,14,17-19H,6-7H2/t17-,18-,19+/m1/s1. The van der Waals surface area contributed by atoms with Crippen LogP contribution in [-0.4, -0.2) is 22.8 Å². The first kappa shape index (κ1) is 17.3. The Labute approximate surface area is 162 Å². The first-order chi connectivity index (χ1) is 13.1. The molecule has 6 heteroatoms. The van der Waals surface area contributed by atoms with Gasteiger partial charge in [-0.15, -0.1) is 0 Å². The molecule has 1 saturated heterocycles. The Hall–Kier alpha value is -3.07. The molecule has 3 aliphatic rings. The Morgan fingerprint density at radius 1 is 1.19 bits per heavy atom. The molecule has 27 heavy (non-hydrogen) atoms. The second-order valence-corrected chi connectivity index (χ2v) is 7.57. The maximum atomic E-state index is 13.2. The summed E-state index contributed by atoms with van der Waals surface area (Å²) in [4.78, 5) is 15.0. The third-order valence-corrected chi connectivity index (χ3v) is 6.02. The van der Waals surface area contributed by atoms with Crippen molar-refractivity contribution in [1.29, 1.82) is 15.8 Å². The Bertz CT molecular complexity index is 988. The van der Waals surface area contributed by atoms with Crippen molar-refractivity contribution in [2.45, 2.75) is 30.8 Å². The highest BCUT2D eigenvalue weighted by atomic mass is 35.5. The average Bonchev–Trinajstić information content (AvgIpc) is 3.50. The van der Waals surface area contributed by atoms with Gasteiger partial charge in [0, 0.05) is 23.1 Å². The summed E-state index contributed by atoms with van der Waals surface area (Å²) < 4.78 is 0. The normalized spacial score (nSPS) is 27.7. The van der Waals surface area contributed by atoms with Crippen molar-refractivity contribution in [3.63, 3.8) is 0 Å². The van der Waals surface area contributed by atoms with Crippen LogP contribution < -0.4 is 0 Å². The fraction of sp³-hybridized carbons (Fsp3) is 0.333. The van der Waals surface area contributed by atoms with Gasteiger partial charge in [-0.05, 0) is 30.5 Å². The number of nitriles is 3. The number of Topliss-reactive ketones (excluding diaryl/α,β-unsaturated/α-hetero) is 1. The van der Waals surface area contributed by atoms with E-state index in [2.05, 4.69) is 18.2 Å². The zero-order valence-corrected chi connectivity index (χ0v) is 15.1. The Morgan fingerprint density at radius 3 is 2.48 bits per heavy atom. The largest absolute Gasteiger partial charge is 0.356 e. The maximum Gasteiger partial charge on any atom is 0.176 e. The molecule has 0 bridgehead atoms. The van der Waals surface area contributed by atoms with E-state index in [9.17, 15) is 20.6 Å². The number of carbonyl (C=O) groups excluding carboxylic acids is 1. The van der Waals surface area contributed by atoms with Gasteiger partial charge in [0.05, 0.1) is 29.8 Å². The van der Waals surface area contributed by atoms with Crippen molar-refractivity contribution in [2.24, 2.45) is 11.3 Å². The van der Waals surface area contributed by atoms with Crippen LogP contribution in [0, 0.1) is 45.3 Å². The number of ketones is 1. The SMILES string of the molecule is N#CC1=CN2[C@H](C(=O)C3CC3)[C@@H](c3ccccc3Cl)C(C#N)(C#N)[C@H]2C=C1. The van der Waals surface area contributed by atoms with Gasteiger partial charge in [-0.1, -0.05) is 35.9 Å². The zero-order valence-electron chi connectivity index (χ0n) is 14.3. The lowest BCUT2D eigenvalue weighted by molar-refractivity contribution is -0.124. The van der Waals surface area contributed by atoms with E-state index < -0.39 is 23.4 Å². The van der Waals surface area contributed by atoms with E-state index in [1.807, 2.05) is 0 Å². The molecular formula is C21H15ClN4O. The quantitative estimate of drug-likeness (QED) is 0.807. The molecule has 2 heterocycles. The summed E-state index contributed by atoms with van der Waals surface area (Å²) >= 11 is 6.43. The monoisotopic (exact) mass is 374 g/mol. The Balaban J connectivity index is 1.96. The minimum absolute atomic E-state index is 0.0149. The molecule has 0 aromatic heterocycles. The van der Waals surface area contributed by atoms with Gasteiger partial charge in [-0.3, -0.25) is 4.79 Å². The highest BCUT2D eigenvalue weighted by Crippen LogP contribution is 2.55. The molecular weight excluding hydrogens is 360 g/mol. The molecule has 0 radical (unpaired) electrons. The minimum Gasteiger partial charge on any atom is -0.356 e. The molecule has 0 unspecified atom stereocenters.